The van der Waals surface area contributed by atoms with Gasteiger partial charge in [-0.15, -0.1) is 11.3 Å². The molecule has 0 saturated carbocycles. The Morgan fingerprint density at radius 3 is 2.81 bits per heavy atom. The van der Waals surface area contributed by atoms with Crippen molar-refractivity contribution in [3.63, 3.8) is 0 Å². The van der Waals surface area contributed by atoms with Crippen LogP contribution in [0, 0.1) is 11.7 Å². The molecule has 2 atom stereocenters. The fourth-order valence-corrected chi connectivity index (χ4v) is 5.93. The minimum atomic E-state index is -0.215. The summed E-state index contributed by atoms with van der Waals surface area (Å²) in [5, 5.41) is 4.08. The van der Waals surface area contributed by atoms with Gasteiger partial charge in [-0.25, -0.2) is 19.3 Å². The van der Waals surface area contributed by atoms with Gasteiger partial charge in [0.25, 0.3) is 0 Å². The first kappa shape index (κ1) is 20.6. The quantitative estimate of drug-likeness (QED) is 0.582. The Kier molecular flexibility index (Phi) is 6.00. The molecular formula is C23H28FN5OS. The lowest BCUT2D eigenvalue weighted by atomic mass is 9.84. The monoisotopic (exact) mass is 441 g/mol. The maximum Gasteiger partial charge on any atom is 0.147 e. The third-order valence-electron chi connectivity index (χ3n) is 6.57. The van der Waals surface area contributed by atoms with Crippen LogP contribution < -0.4 is 9.80 Å². The molecule has 8 heteroatoms. The van der Waals surface area contributed by atoms with Crippen LogP contribution in [0.1, 0.15) is 37.1 Å². The number of halogens is 1. The van der Waals surface area contributed by atoms with Crippen molar-refractivity contribution in [2.24, 2.45) is 5.92 Å². The molecule has 164 valence electrons. The topological polar surface area (TPSA) is 54.4 Å². The van der Waals surface area contributed by atoms with E-state index in [2.05, 4.69) is 32.2 Å². The van der Waals surface area contributed by atoms with Gasteiger partial charge in [-0.3, -0.25) is 0 Å². The molecule has 2 saturated heterocycles. The van der Waals surface area contributed by atoms with Gasteiger partial charge >= 0.3 is 0 Å². The summed E-state index contributed by atoms with van der Waals surface area (Å²) in [6.07, 6.45) is 6.88. The number of hydrogen-bond donors (Lipinski definition) is 0. The summed E-state index contributed by atoms with van der Waals surface area (Å²) in [5.41, 5.74) is 1.40. The van der Waals surface area contributed by atoms with Crippen molar-refractivity contribution in [1.82, 2.24) is 15.0 Å². The number of morpholine rings is 1. The Morgan fingerprint density at radius 1 is 1.16 bits per heavy atom. The van der Waals surface area contributed by atoms with Crippen molar-refractivity contribution in [2.75, 3.05) is 49.2 Å². The maximum absolute atomic E-state index is 15.1. The predicted octanol–water partition coefficient (Wildman–Crippen LogP) is 4.47. The van der Waals surface area contributed by atoms with Crippen LogP contribution in [0.15, 0.2) is 30.0 Å². The molecule has 0 aliphatic carbocycles. The van der Waals surface area contributed by atoms with Crippen molar-refractivity contribution in [3.8, 4) is 0 Å². The van der Waals surface area contributed by atoms with Crippen LogP contribution in [0.25, 0.3) is 10.9 Å². The summed E-state index contributed by atoms with van der Waals surface area (Å²) in [7, 11) is 0. The summed E-state index contributed by atoms with van der Waals surface area (Å²) in [5.74, 6) is 1.61. The van der Waals surface area contributed by atoms with E-state index in [1.807, 2.05) is 17.2 Å². The van der Waals surface area contributed by atoms with Gasteiger partial charge in [0.15, 0.2) is 0 Å². The number of fused-ring (bicyclic) bond motifs is 1. The van der Waals surface area contributed by atoms with E-state index in [1.165, 1.54) is 11.4 Å². The second kappa shape index (κ2) is 9.04. The molecule has 0 radical (unpaired) electrons. The standard InChI is InChI=1S/C23H28FN5OS/c1-2-17(23-25-5-11-31-23)16-4-3-6-29(14-16)22-18-12-19(24)21(13-20(18)26-15-27-22)28-7-9-30-10-8-28/h5,11-13,15-17H,2-4,6-10,14H2,1H3. The maximum atomic E-state index is 15.1. The van der Waals surface area contributed by atoms with Crippen LogP contribution in [0.2, 0.25) is 0 Å². The number of hydrogen-bond acceptors (Lipinski definition) is 7. The highest BCUT2D eigenvalue weighted by Gasteiger charge is 2.30. The van der Waals surface area contributed by atoms with E-state index in [0.717, 1.165) is 42.7 Å². The van der Waals surface area contributed by atoms with Crippen molar-refractivity contribution in [3.05, 3.63) is 40.9 Å². The van der Waals surface area contributed by atoms with E-state index >= 15 is 4.39 Å². The van der Waals surface area contributed by atoms with E-state index in [1.54, 1.807) is 23.7 Å². The van der Waals surface area contributed by atoms with Gasteiger partial charge in [-0.1, -0.05) is 6.92 Å². The van der Waals surface area contributed by atoms with E-state index in [9.17, 15) is 0 Å². The SMILES string of the molecule is CCC(c1nccs1)C1CCCN(c2ncnc3cc(N4CCOCC4)c(F)cc23)C1. The molecule has 1 aromatic carbocycles. The molecule has 3 aromatic rings. The van der Waals surface area contributed by atoms with Crippen molar-refractivity contribution >= 4 is 33.7 Å². The third-order valence-corrected chi connectivity index (χ3v) is 7.48. The van der Waals surface area contributed by atoms with Crippen LogP contribution in [0.4, 0.5) is 15.9 Å². The zero-order chi connectivity index (χ0) is 21.2. The van der Waals surface area contributed by atoms with Gasteiger partial charge in [0.1, 0.15) is 18.0 Å². The average Bonchev–Trinajstić information content (AvgIpc) is 3.34. The summed E-state index contributed by atoms with van der Waals surface area (Å²) in [6.45, 7) is 6.74. The number of aromatic nitrogens is 3. The van der Waals surface area contributed by atoms with Crippen LogP contribution in [-0.4, -0.2) is 54.3 Å². The van der Waals surface area contributed by atoms with E-state index < -0.39 is 0 Å². The Labute approximate surface area is 186 Å². The molecule has 2 aliphatic heterocycles. The Morgan fingerprint density at radius 2 is 2.03 bits per heavy atom. The number of thiazole rings is 1. The van der Waals surface area contributed by atoms with Gasteiger partial charge in [0.2, 0.25) is 0 Å². The predicted molar refractivity (Wildman–Crippen MR) is 123 cm³/mol. The fourth-order valence-electron chi connectivity index (χ4n) is 5.01. The molecular weight excluding hydrogens is 413 g/mol. The Balaban J connectivity index is 1.44. The molecule has 0 N–H and O–H groups in total. The average molecular weight is 442 g/mol. The molecule has 0 bridgehead atoms. The van der Waals surface area contributed by atoms with Gasteiger partial charge in [-0.2, -0.15) is 0 Å². The summed E-state index contributed by atoms with van der Waals surface area (Å²) in [4.78, 5) is 18.0. The number of anilines is 2. The zero-order valence-corrected chi connectivity index (χ0v) is 18.7. The summed E-state index contributed by atoms with van der Waals surface area (Å²) >= 11 is 1.75. The molecule has 2 aromatic heterocycles. The van der Waals surface area contributed by atoms with Crippen molar-refractivity contribution < 1.29 is 9.13 Å². The first-order valence-corrected chi connectivity index (χ1v) is 12.0. The highest BCUT2D eigenvalue weighted by Crippen LogP contribution is 2.38. The molecule has 4 heterocycles. The highest BCUT2D eigenvalue weighted by molar-refractivity contribution is 7.09. The number of rotatable bonds is 5. The summed E-state index contributed by atoms with van der Waals surface area (Å²) in [6, 6.07) is 3.49. The minimum Gasteiger partial charge on any atom is -0.378 e. The highest BCUT2D eigenvalue weighted by atomic mass is 32.1. The van der Waals surface area contributed by atoms with Gasteiger partial charge < -0.3 is 14.5 Å². The molecule has 0 spiro atoms. The van der Waals surface area contributed by atoms with Gasteiger partial charge in [0.05, 0.1) is 29.4 Å². The lowest BCUT2D eigenvalue weighted by Gasteiger charge is -2.37. The molecule has 2 aliphatic rings. The van der Waals surface area contributed by atoms with E-state index in [4.69, 9.17) is 4.74 Å². The third kappa shape index (κ3) is 4.11. The van der Waals surface area contributed by atoms with Crippen LogP contribution in [-0.2, 0) is 4.74 Å². The molecule has 6 nitrogen and oxygen atoms in total. The zero-order valence-electron chi connectivity index (χ0n) is 17.8. The molecule has 2 fully saturated rings. The molecule has 5 rings (SSSR count). The number of benzene rings is 1. The number of nitrogens with zero attached hydrogens (tertiary/aromatic N) is 5. The first-order chi connectivity index (χ1) is 15.2. The molecule has 31 heavy (non-hydrogen) atoms. The lowest BCUT2D eigenvalue weighted by molar-refractivity contribution is 0.122. The second-order valence-corrected chi connectivity index (χ2v) is 9.28. The van der Waals surface area contributed by atoms with Crippen molar-refractivity contribution in [1.29, 1.82) is 0 Å². The van der Waals surface area contributed by atoms with Crippen LogP contribution >= 0.6 is 11.3 Å². The van der Waals surface area contributed by atoms with E-state index in [0.29, 0.717) is 43.8 Å². The Hall–Kier alpha value is -2.32. The first-order valence-electron chi connectivity index (χ1n) is 11.2. The smallest absolute Gasteiger partial charge is 0.147 e. The van der Waals surface area contributed by atoms with Crippen LogP contribution in [0.5, 0.6) is 0 Å². The summed E-state index contributed by atoms with van der Waals surface area (Å²) < 4.78 is 20.5. The van der Waals surface area contributed by atoms with Gasteiger partial charge in [0, 0.05) is 49.1 Å². The normalized spacial score (nSPS) is 20.9. The Bertz CT molecular complexity index is 1020. The van der Waals surface area contributed by atoms with Gasteiger partial charge in [-0.05, 0) is 37.3 Å². The minimum absolute atomic E-state index is 0.215. The number of piperidine rings is 1. The van der Waals surface area contributed by atoms with E-state index in [-0.39, 0.29) is 5.82 Å². The van der Waals surface area contributed by atoms with Crippen LogP contribution in [0.3, 0.4) is 0 Å². The molecule has 2 unspecified atom stereocenters. The lowest BCUT2D eigenvalue weighted by Crippen LogP contribution is -2.38. The molecule has 0 amide bonds. The van der Waals surface area contributed by atoms with Crippen molar-refractivity contribution in [2.45, 2.75) is 32.1 Å². The largest absolute Gasteiger partial charge is 0.378 e. The fraction of sp³-hybridized carbons (Fsp3) is 0.522. The number of ether oxygens (including phenoxy) is 1. The second-order valence-electron chi connectivity index (χ2n) is 8.35.